The van der Waals surface area contributed by atoms with E-state index in [-0.39, 0.29) is 40.7 Å². The van der Waals surface area contributed by atoms with E-state index in [1.165, 1.54) is 6.08 Å². The van der Waals surface area contributed by atoms with Crippen molar-refractivity contribution in [2.24, 2.45) is 28.6 Å². The zero-order chi connectivity index (χ0) is 32.4. The number of hydrogen-bond acceptors (Lipinski definition) is 6. The maximum atomic E-state index is 12.9. The molecule has 0 spiro atoms. The van der Waals surface area contributed by atoms with Crippen molar-refractivity contribution in [1.82, 2.24) is 0 Å². The molecule has 7 atom stereocenters. The Labute approximate surface area is 264 Å². The van der Waals surface area contributed by atoms with Crippen molar-refractivity contribution < 1.29 is 23.8 Å². The molecule has 2 saturated carbocycles. The zero-order valence-corrected chi connectivity index (χ0v) is 28.2. The Hall–Kier alpha value is -2.86. The Morgan fingerprint density at radius 1 is 1.07 bits per heavy atom. The summed E-state index contributed by atoms with van der Waals surface area (Å²) >= 11 is 0. The summed E-state index contributed by atoms with van der Waals surface area (Å²) in [6, 6.07) is 0. The number of fused-ring (bicyclic) bond motifs is 3. The van der Waals surface area contributed by atoms with Gasteiger partial charge in [0, 0.05) is 11.6 Å². The summed E-state index contributed by atoms with van der Waals surface area (Å²) < 4.78 is 18.4. The summed E-state index contributed by atoms with van der Waals surface area (Å²) in [5.74, 6) is 1.03. The molecule has 1 aromatic heterocycles. The predicted molar refractivity (Wildman–Crippen MR) is 176 cm³/mol. The minimum Gasteiger partial charge on any atom is -0.507 e. The first-order valence-corrected chi connectivity index (χ1v) is 16.5. The molecule has 3 fully saturated rings. The van der Waals surface area contributed by atoms with Crippen molar-refractivity contribution >= 4 is 5.97 Å². The van der Waals surface area contributed by atoms with Gasteiger partial charge in [-0.05, 0) is 101 Å². The van der Waals surface area contributed by atoms with Gasteiger partial charge in [-0.2, -0.15) is 0 Å². The Kier molecular flexibility index (Phi) is 10.2. The molecule has 2 heterocycles. The number of aromatic hydroxyl groups is 1. The maximum Gasteiger partial charge on any atom is 0.342 e. The molecule has 0 bridgehead atoms. The molecule has 44 heavy (non-hydrogen) atoms. The molecule has 3 aliphatic rings. The van der Waals surface area contributed by atoms with Gasteiger partial charge < -0.3 is 19.0 Å². The van der Waals surface area contributed by atoms with Gasteiger partial charge in [0.25, 0.3) is 0 Å². The summed E-state index contributed by atoms with van der Waals surface area (Å²) in [5.41, 5.74) is 0.759. The number of rotatable bonds is 8. The van der Waals surface area contributed by atoms with Gasteiger partial charge in [0.15, 0.2) is 0 Å². The van der Waals surface area contributed by atoms with E-state index in [9.17, 15) is 14.7 Å². The van der Waals surface area contributed by atoms with Crippen LogP contribution in [0.25, 0.3) is 0 Å². The molecule has 242 valence electrons. The van der Waals surface area contributed by atoms with Crippen molar-refractivity contribution in [3.63, 3.8) is 0 Å². The third-order valence-electron chi connectivity index (χ3n) is 11.5. The minimum absolute atomic E-state index is 0.0298. The minimum atomic E-state index is -0.629. The SMILES string of the molecule is C=C1CCC2C3(C)CCC(OC(=O)C=CC=CC=CC(C)CC)C(C)(C)OC3CCC2(C)C1Cc1c(O)c(C)c(C)oc1=O. The van der Waals surface area contributed by atoms with E-state index in [4.69, 9.17) is 13.9 Å². The van der Waals surface area contributed by atoms with E-state index in [0.29, 0.717) is 41.6 Å². The van der Waals surface area contributed by atoms with E-state index in [1.807, 2.05) is 32.1 Å². The monoisotopic (exact) mass is 606 g/mol. The molecule has 1 aliphatic heterocycles. The second-order valence-electron chi connectivity index (χ2n) is 14.6. The zero-order valence-electron chi connectivity index (χ0n) is 28.2. The van der Waals surface area contributed by atoms with Crippen LogP contribution in [0.5, 0.6) is 5.75 Å². The molecule has 0 radical (unpaired) electrons. The van der Waals surface area contributed by atoms with Crippen molar-refractivity contribution in [3.05, 3.63) is 75.9 Å². The first-order chi connectivity index (χ1) is 20.6. The average molecular weight is 607 g/mol. The molecule has 2 aliphatic carbocycles. The van der Waals surface area contributed by atoms with Crippen molar-refractivity contribution in [2.45, 2.75) is 125 Å². The Balaban J connectivity index is 1.53. The number of carbonyl (C=O) groups is 1. The van der Waals surface area contributed by atoms with Crippen LogP contribution >= 0.6 is 0 Å². The van der Waals surface area contributed by atoms with Crippen LogP contribution in [0.4, 0.5) is 0 Å². The maximum absolute atomic E-state index is 12.9. The van der Waals surface area contributed by atoms with Crippen LogP contribution < -0.4 is 5.63 Å². The number of allylic oxidation sites excluding steroid dienone is 6. The molecule has 0 aromatic carbocycles. The fourth-order valence-corrected chi connectivity index (χ4v) is 8.29. The molecule has 1 saturated heterocycles. The predicted octanol–water partition coefficient (Wildman–Crippen LogP) is 8.48. The highest BCUT2D eigenvalue weighted by Crippen LogP contribution is 2.64. The fourth-order valence-electron chi connectivity index (χ4n) is 8.29. The quantitative estimate of drug-likeness (QED) is 0.138. The van der Waals surface area contributed by atoms with E-state index >= 15 is 0 Å². The topological polar surface area (TPSA) is 86.0 Å². The summed E-state index contributed by atoms with van der Waals surface area (Å²) in [7, 11) is 0. The Morgan fingerprint density at radius 2 is 1.75 bits per heavy atom. The number of ether oxygens (including phenoxy) is 2. The number of carbonyl (C=O) groups excluding carboxylic acids is 1. The molecule has 1 aromatic rings. The highest BCUT2D eigenvalue weighted by Gasteiger charge is 2.60. The second kappa shape index (κ2) is 13.2. The normalized spacial score (nSPS) is 32.9. The van der Waals surface area contributed by atoms with Crippen LogP contribution in [0.3, 0.4) is 0 Å². The summed E-state index contributed by atoms with van der Waals surface area (Å²) in [6.07, 6.45) is 17.6. The lowest BCUT2D eigenvalue weighted by Gasteiger charge is -2.61. The van der Waals surface area contributed by atoms with E-state index < -0.39 is 11.2 Å². The van der Waals surface area contributed by atoms with Crippen molar-refractivity contribution in [1.29, 1.82) is 0 Å². The smallest absolute Gasteiger partial charge is 0.342 e. The number of hydrogen-bond donors (Lipinski definition) is 1. The molecule has 7 unspecified atom stereocenters. The van der Waals surface area contributed by atoms with Crippen LogP contribution in [-0.2, 0) is 20.7 Å². The van der Waals surface area contributed by atoms with E-state index in [1.54, 1.807) is 19.9 Å². The Morgan fingerprint density at radius 3 is 2.45 bits per heavy atom. The lowest BCUT2D eigenvalue weighted by molar-refractivity contribution is -0.204. The third-order valence-corrected chi connectivity index (χ3v) is 11.5. The summed E-state index contributed by atoms with van der Waals surface area (Å²) in [6.45, 7) is 21.1. The third kappa shape index (κ3) is 6.71. The van der Waals surface area contributed by atoms with Gasteiger partial charge in [0.05, 0.1) is 17.3 Å². The van der Waals surface area contributed by atoms with E-state index in [0.717, 1.165) is 44.1 Å². The van der Waals surface area contributed by atoms with Crippen LogP contribution in [0.2, 0.25) is 0 Å². The van der Waals surface area contributed by atoms with Gasteiger partial charge in [-0.15, -0.1) is 0 Å². The van der Waals surface area contributed by atoms with Crippen LogP contribution in [0.1, 0.15) is 103 Å². The van der Waals surface area contributed by atoms with Crippen molar-refractivity contribution in [2.75, 3.05) is 0 Å². The standard InChI is InChI=1S/C38H54O6/c1-10-24(2)15-13-11-12-14-16-33(39)43-31-19-22-38(9)30-18-17-25(3)29(23-28-34(40)26(4)27(5)42-35(28)41)37(30,8)21-20-32(38)44-36(31,6)7/h11-16,24,29-32,40H,3,10,17-23H2,1-2,4-9H3. The molecule has 0 amide bonds. The molecule has 6 nitrogen and oxygen atoms in total. The lowest BCUT2D eigenvalue weighted by Crippen LogP contribution is -2.57. The average Bonchev–Trinajstić information content (AvgIpc) is 3.05. The number of aryl methyl sites for hydroxylation is 1. The highest BCUT2D eigenvalue weighted by molar-refractivity contribution is 5.82. The summed E-state index contributed by atoms with van der Waals surface area (Å²) in [5, 5.41) is 10.9. The summed E-state index contributed by atoms with van der Waals surface area (Å²) in [4.78, 5) is 25.8. The van der Waals surface area contributed by atoms with Gasteiger partial charge in [0.1, 0.15) is 17.6 Å². The van der Waals surface area contributed by atoms with Gasteiger partial charge in [-0.25, -0.2) is 9.59 Å². The van der Waals surface area contributed by atoms with Gasteiger partial charge >= 0.3 is 11.6 Å². The largest absolute Gasteiger partial charge is 0.507 e. The van der Waals surface area contributed by atoms with Crippen LogP contribution in [0, 0.1) is 42.4 Å². The van der Waals surface area contributed by atoms with Gasteiger partial charge in [-0.3, -0.25) is 0 Å². The molecular weight excluding hydrogens is 552 g/mol. The van der Waals surface area contributed by atoms with Gasteiger partial charge in [0.2, 0.25) is 0 Å². The molecular formula is C38H54O6. The lowest BCUT2D eigenvalue weighted by atomic mass is 9.45. The van der Waals surface area contributed by atoms with Gasteiger partial charge in [-0.1, -0.05) is 76.6 Å². The highest BCUT2D eigenvalue weighted by atomic mass is 16.6. The molecule has 6 heteroatoms. The van der Waals surface area contributed by atoms with Crippen molar-refractivity contribution in [3.8, 4) is 5.75 Å². The van der Waals surface area contributed by atoms with Crippen LogP contribution in [-0.4, -0.2) is 28.9 Å². The number of esters is 1. The van der Waals surface area contributed by atoms with Crippen LogP contribution in [0.15, 0.2) is 57.8 Å². The fraction of sp³-hybridized carbons (Fsp3) is 0.632. The second-order valence-corrected chi connectivity index (χ2v) is 14.6. The Bertz CT molecular complexity index is 1380. The first kappa shape index (κ1) is 34.0. The van der Waals surface area contributed by atoms with E-state index in [2.05, 4.69) is 40.3 Å². The first-order valence-electron chi connectivity index (χ1n) is 16.5. The molecule has 1 N–H and O–H groups in total. The molecule has 4 rings (SSSR count).